The number of nitrogens with zero attached hydrogens (tertiary/aromatic N) is 6. The predicted octanol–water partition coefficient (Wildman–Crippen LogP) is 4.46. The van der Waals surface area contributed by atoms with E-state index in [4.69, 9.17) is 14.7 Å². The van der Waals surface area contributed by atoms with Gasteiger partial charge >= 0.3 is 0 Å². The maximum absolute atomic E-state index is 14.1. The van der Waals surface area contributed by atoms with Crippen molar-refractivity contribution in [2.24, 2.45) is 0 Å². The highest BCUT2D eigenvalue weighted by Crippen LogP contribution is 2.30. The van der Waals surface area contributed by atoms with E-state index in [1.165, 1.54) is 4.57 Å². The summed E-state index contributed by atoms with van der Waals surface area (Å²) in [6, 6.07) is 12.9. The summed E-state index contributed by atoms with van der Waals surface area (Å²) in [7, 11) is 0. The monoisotopic (exact) mass is 576 g/mol. The SMILES string of the molecule is O=C(CCc1cccnc1)NC1CCC(Nc2cc(-n3c(C(F)F)nc4ccccc43)nc(N3CCOCC3)n2)CC1. The molecular formula is C30H34F2N8O2. The van der Waals surface area contributed by atoms with Crippen LogP contribution in [0.3, 0.4) is 0 Å². The molecule has 2 aliphatic rings. The lowest BCUT2D eigenvalue weighted by Gasteiger charge is -2.31. The molecule has 1 saturated heterocycles. The number of nitrogens with one attached hydrogen (secondary N) is 2. The molecule has 3 aromatic heterocycles. The van der Waals surface area contributed by atoms with Gasteiger partial charge in [-0.15, -0.1) is 0 Å². The molecule has 1 saturated carbocycles. The van der Waals surface area contributed by atoms with Crippen molar-refractivity contribution in [2.75, 3.05) is 36.5 Å². The number of halogens is 2. The largest absolute Gasteiger partial charge is 0.378 e. The van der Waals surface area contributed by atoms with E-state index < -0.39 is 6.43 Å². The van der Waals surface area contributed by atoms with Crippen LogP contribution in [0.4, 0.5) is 20.5 Å². The number of morpholine rings is 1. The fraction of sp³-hybridized carbons (Fsp3) is 0.433. The van der Waals surface area contributed by atoms with E-state index in [0.29, 0.717) is 67.8 Å². The van der Waals surface area contributed by atoms with Crippen molar-refractivity contribution in [1.29, 1.82) is 0 Å². The van der Waals surface area contributed by atoms with Crippen LogP contribution in [0.2, 0.25) is 0 Å². The molecule has 1 amide bonds. The molecule has 1 aromatic carbocycles. The van der Waals surface area contributed by atoms with Gasteiger partial charge < -0.3 is 20.3 Å². The number of amides is 1. The first-order chi connectivity index (χ1) is 20.5. The zero-order valence-corrected chi connectivity index (χ0v) is 23.3. The summed E-state index contributed by atoms with van der Waals surface area (Å²) in [6.45, 7) is 2.32. The highest BCUT2D eigenvalue weighted by molar-refractivity contribution is 5.78. The van der Waals surface area contributed by atoms with Gasteiger partial charge in [0.05, 0.1) is 24.2 Å². The molecule has 1 aliphatic carbocycles. The van der Waals surface area contributed by atoms with Crippen LogP contribution in [0, 0.1) is 0 Å². The molecule has 0 atom stereocenters. The summed E-state index contributed by atoms with van der Waals surface area (Å²) < 4.78 is 35.2. The number of benzene rings is 1. The van der Waals surface area contributed by atoms with Gasteiger partial charge in [0.15, 0.2) is 5.82 Å². The zero-order chi connectivity index (χ0) is 28.9. The van der Waals surface area contributed by atoms with Gasteiger partial charge in [-0.3, -0.25) is 14.3 Å². The first-order valence-electron chi connectivity index (χ1n) is 14.5. The number of aromatic nitrogens is 5. The van der Waals surface area contributed by atoms with Crippen molar-refractivity contribution >= 4 is 28.7 Å². The molecule has 2 N–H and O–H groups in total. The predicted molar refractivity (Wildman–Crippen MR) is 155 cm³/mol. The molecule has 1 aliphatic heterocycles. The quantitative estimate of drug-likeness (QED) is 0.301. The fourth-order valence-electron chi connectivity index (χ4n) is 5.64. The minimum Gasteiger partial charge on any atom is -0.378 e. The van der Waals surface area contributed by atoms with Crippen molar-refractivity contribution in [1.82, 2.24) is 29.8 Å². The standard InChI is InChI=1S/C30H34F2N8O2/c31-28(32)29-36-23-5-1-2-6-24(23)40(29)26-18-25(37-30(38-26)39-14-16-42-17-15-39)34-21-8-10-22(11-9-21)35-27(41)12-7-20-4-3-13-33-19-20/h1-6,13,18-19,21-22,28H,7-12,14-17H2,(H,35,41)(H,34,37,38). The molecule has 12 heteroatoms. The molecule has 2 fully saturated rings. The van der Waals surface area contributed by atoms with Gasteiger partial charge in [0.2, 0.25) is 11.9 Å². The van der Waals surface area contributed by atoms with Crippen LogP contribution in [-0.2, 0) is 16.0 Å². The molecule has 0 spiro atoms. The highest BCUT2D eigenvalue weighted by atomic mass is 19.3. The second-order valence-electron chi connectivity index (χ2n) is 10.7. The Kier molecular flexibility index (Phi) is 8.50. The maximum Gasteiger partial charge on any atom is 0.296 e. The summed E-state index contributed by atoms with van der Waals surface area (Å²) in [5, 5.41) is 6.70. The number of imidazole rings is 1. The molecule has 4 heterocycles. The van der Waals surface area contributed by atoms with Crippen molar-refractivity contribution < 1.29 is 18.3 Å². The second kappa shape index (κ2) is 12.8. The number of rotatable bonds is 9. The van der Waals surface area contributed by atoms with Crippen LogP contribution in [0.25, 0.3) is 16.9 Å². The van der Waals surface area contributed by atoms with E-state index >= 15 is 0 Å². The van der Waals surface area contributed by atoms with Crippen molar-refractivity contribution in [3.63, 3.8) is 0 Å². The van der Waals surface area contributed by atoms with Crippen LogP contribution in [-0.4, -0.2) is 68.8 Å². The third kappa shape index (κ3) is 6.48. The first kappa shape index (κ1) is 28.0. The number of para-hydroxylation sites is 2. The van der Waals surface area contributed by atoms with E-state index in [0.717, 1.165) is 31.2 Å². The van der Waals surface area contributed by atoms with Crippen molar-refractivity contribution in [2.45, 2.75) is 57.0 Å². The summed E-state index contributed by atoms with van der Waals surface area (Å²) >= 11 is 0. The molecule has 0 unspecified atom stereocenters. The average Bonchev–Trinajstić information content (AvgIpc) is 3.42. The van der Waals surface area contributed by atoms with E-state index in [1.807, 2.05) is 17.0 Å². The number of pyridine rings is 1. The van der Waals surface area contributed by atoms with Gasteiger partial charge in [-0.05, 0) is 55.9 Å². The summed E-state index contributed by atoms with van der Waals surface area (Å²) in [4.78, 5) is 32.4. The number of carbonyl (C=O) groups is 1. The van der Waals surface area contributed by atoms with Crippen LogP contribution in [0.15, 0.2) is 54.9 Å². The maximum atomic E-state index is 14.1. The molecule has 6 rings (SSSR count). The number of aryl methyl sites for hydroxylation is 1. The highest BCUT2D eigenvalue weighted by Gasteiger charge is 2.26. The lowest BCUT2D eigenvalue weighted by molar-refractivity contribution is -0.122. The minimum absolute atomic E-state index is 0.0493. The van der Waals surface area contributed by atoms with Gasteiger partial charge in [-0.25, -0.2) is 13.8 Å². The number of anilines is 2. The molecule has 0 radical (unpaired) electrons. The Balaban J connectivity index is 1.17. The fourth-order valence-corrected chi connectivity index (χ4v) is 5.64. The molecule has 4 aromatic rings. The van der Waals surface area contributed by atoms with Crippen LogP contribution in [0.1, 0.15) is 49.9 Å². The van der Waals surface area contributed by atoms with E-state index in [1.54, 1.807) is 42.7 Å². The van der Waals surface area contributed by atoms with Gasteiger partial charge in [0.25, 0.3) is 6.43 Å². The summed E-state index contributed by atoms with van der Waals surface area (Å²) in [5.41, 5.74) is 2.09. The molecule has 220 valence electrons. The number of carbonyl (C=O) groups excluding carboxylic acids is 1. The lowest BCUT2D eigenvalue weighted by Crippen LogP contribution is -2.40. The number of fused-ring (bicyclic) bond motifs is 1. The molecular weight excluding hydrogens is 542 g/mol. The minimum atomic E-state index is -2.77. The van der Waals surface area contributed by atoms with Crippen LogP contribution >= 0.6 is 0 Å². The van der Waals surface area contributed by atoms with E-state index in [9.17, 15) is 13.6 Å². The Labute approximate surface area is 242 Å². The average molecular weight is 577 g/mol. The number of hydrogen-bond donors (Lipinski definition) is 2. The molecule has 42 heavy (non-hydrogen) atoms. The Morgan fingerprint density at radius 2 is 1.79 bits per heavy atom. The Hall–Kier alpha value is -4.19. The zero-order valence-electron chi connectivity index (χ0n) is 23.3. The van der Waals surface area contributed by atoms with Crippen molar-refractivity contribution in [3.8, 4) is 5.82 Å². The van der Waals surface area contributed by atoms with E-state index in [2.05, 4.69) is 20.6 Å². The second-order valence-corrected chi connectivity index (χ2v) is 10.7. The summed E-state index contributed by atoms with van der Waals surface area (Å²) in [6.07, 6.45) is 5.20. The normalized spacial score (nSPS) is 19.3. The van der Waals surface area contributed by atoms with Crippen LogP contribution < -0.4 is 15.5 Å². The number of hydrogen-bond acceptors (Lipinski definition) is 8. The third-order valence-electron chi connectivity index (χ3n) is 7.81. The number of alkyl halides is 2. The van der Waals surface area contributed by atoms with Gasteiger partial charge in [0.1, 0.15) is 11.6 Å². The topological polar surface area (TPSA) is 110 Å². The summed E-state index contributed by atoms with van der Waals surface area (Å²) in [5.74, 6) is 1.07. The van der Waals surface area contributed by atoms with Crippen LogP contribution in [0.5, 0.6) is 0 Å². The molecule has 0 bridgehead atoms. The van der Waals surface area contributed by atoms with Crippen molar-refractivity contribution in [3.05, 3.63) is 66.2 Å². The number of ether oxygens (including phenoxy) is 1. The first-order valence-corrected chi connectivity index (χ1v) is 14.5. The Morgan fingerprint density at radius 1 is 1.00 bits per heavy atom. The van der Waals surface area contributed by atoms with Gasteiger partial charge in [0, 0.05) is 50.1 Å². The lowest BCUT2D eigenvalue weighted by atomic mass is 9.91. The smallest absolute Gasteiger partial charge is 0.296 e. The van der Waals surface area contributed by atoms with Gasteiger partial charge in [-0.1, -0.05) is 18.2 Å². The molecule has 10 nitrogen and oxygen atoms in total. The Morgan fingerprint density at radius 3 is 2.55 bits per heavy atom. The van der Waals surface area contributed by atoms with Gasteiger partial charge in [-0.2, -0.15) is 9.97 Å². The van der Waals surface area contributed by atoms with E-state index in [-0.39, 0.29) is 23.8 Å². The third-order valence-corrected chi connectivity index (χ3v) is 7.81. The Bertz CT molecular complexity index is 1500.